The van der Waals surface area contributed by atoms with Gasteiger partial charge in [-0.15, -0.1) is 0 Å². The molecule has 0 amide bonds. The van der Waals surface area contributed by atoms with Crippen molar-refractivity contribution in [3.63, 3.8) is 0 Å². The highest BCUT2D eigenvalue weighted by atomic mass is 35.5. The number of halogens is 1. The number of benzene rings is 1. The van der Waals surface area contributed by atoms with Gasteiger partial charge in [0, 0.05) is 0 Å². The molecule has 0 fully saturated rings. The second-order valence-corrected chi connectivity index (χ2v) is 3.30. The lowest BCUT2D eigenvalue weighted by Gasteiger charge is -2.01. The first kappa shape index (κ1) is 8.32. The van der Waals surface area contributed by atoms with Crippen LogP contribution in [-0.2, 0) is 0 Å². The quantitative estimate of drug-likeness (QED) is 0.679. The molecule has 0 radical (unpaired) electrons. The van der Waals surface area contributed by atoms with Crippen molar-refractivity contribution in [2.45, 2.75) is 6.92 Å². The summed E-state index contributed by atoms with van der Waals surface area (Å²) in [5.74, 6) is 0.862. The molecule has 0 unspecified atom stereocenters. The van der Waals surface area contributed by atoms with Gasteiger partial charge < -0.3 is 0 Å². The fourth-order valence-corrected chi connectivity index (χ4v) is 1.67. The Hall–Kier alpha value is -1.28. The highest BCUT2D eigenvalue weighted by Gasteiger charge is 2.06. The van der Waals surface area contributed by atoms with E-state index in [1.165, 1.54) is 0 Å². The van der Waals surface area contributed by atoms with Crippen molar-refractivity contribution in [2.24, 2.45) is 0 Å². The summed E-state index contributed by atoms with van der Waals surface area (Å²) in [6.45, 7) is 5.61. The number of aryl methyl sites for hydroxylation is 1. The van der Waals surface area contributed by atoms with E-state index in [1.807, 2.05) is 35.8 Å². The number of para-hydroxylation sites is 2. The summed E-state index contributed by atoms with van der Waals surface area (Å²) in [6.07, 6.45) is 0. The maximum absolute atomic E-state index is 5.86. The normalized spacial score (nSPS) is 10.6. The van der Waals surface area contributed by atoms with E-state index in [0.717, 1.165) is 16.9 Å². The fourth-order valence-electron chi connectivity index (χ4n) is 1.45. The molecule has 2 aromatic rings. The Bertz CT molecular complexity index is 471. The predicted octanol–water partition coefficient (Wildman–Crippen LogP) is 3.01. The van der Waals surface area contributed by atoms with E-state index in [2.05, 4.69) is 11.6 Å². The maximum Gasteiger partial charge on any atom is 0.111 e. The summed E-state index contributed by atoms with van der Waals surface area (Å²) >= 11 is 5.86. The van der Waals surface area contributed by atoms with Gasteiger partial charge in [-0.1, -0.05) is 30.3 Å². The first-order valence-electron chi connectivity index (χ1n) is 3.99. The average Bonchev–Trinajstić information content (AvgIpc) is 2.39. The molecular formula is C10H9ClN2. The standard InChI is InChI=1S/C10H9ClN2/c1-7(11)13-8(2)12-9-5-3-4-6-10(9)13/h3-6H,1H2,2H3. The number of aromatic nitrogens is 2. The van der Waals surface area contributed by atoms with Crippen LogP contribution in [0.15, 0.2) is 30.8 Å². The summed E-state index contributed by atoms with van der Waals surface area (Å²) in [5, 5.41) is 0.478. The molecule has 3 heteroatoms. The lowest BCUT2D eigenvalue weighted by Crippen LogP contribution is -1.92. The van der Waals surface area contributed by atoms with Gasteiger partial charge in [-0.3, -0.25) is 4.57 Å². The van der Waals surface area contributed by atoms with Gasteiger partial charge >= 0.3 is 0 Å². The van der Waals surface area contributed by atoms with Crippen LogP contribution in [0.25, 0.3) is 16.2 Å². The highest BCUT2D eigenvalue weighted by Crippen LogP contribution is 2.20. The van der Waals surface area contributed by atoms with Crippen LogP contribution in [0.2, 0.25) is 0 Å². The van der Waals surface area contributed by atoms with Crippen molar-refractivity contribution in [3.8, 4) is 0 Å². The van der Waals surface area contributed by atoms with Gasteiger partial charge in [0.25, 0.3) is 0 Å². The first-order chi connectivity index (χ1) is 6.20. The molecule has 0 aliphatic rings. The molecule has 0 aliphatic heterocycles. The van der Waals surface area contributed by atoms with E-state index in [0.29, 0.717) is 5.16 Å². The molecule has 0 saturated carbocycles. The zero-order valence-corrected chi connectivity index (χ0v) is 8.04. The van der Waals surface area contributed by atoms with Crippen LogP contribution in [-0.4, -0.2) is 9.55 Å². The number of hydrogen-bond acceptors (Lipinski definition) is 1. The van der Waals surface area contributed by atoms with Gasteiger partial charge in [0.1, 0.15) is 11.0 Å². The number of nitrogens with zero attached hydrogens (tertiary/aromatic N) is 2. The van der Waals surface area contributed by atoms with E-state index < -0.39 is 0 Å². The van der Waals surface area contributed by atoms with E-state index in [-0.39, 0.29) is 0 Å². The van der Waals surface area contributed by atoms with Crippen molar-refractivity contribution >= 4 is 27.8 Å². The summed E-state index contributed by atoms with van der Waals surface area (Å²) < 4.78 is 1.83. The van der Waals surface area contributed by atoms with Crippen molar-refractivity contribution in [1.29, 1.82) is 0 Å². The predicted molar refractivity (Wildman–Crippen MR) is 55.7 cm³/mol. The minimum atomic E-state index is 0.478. The van der Waals surface area contributed by atoms with Gasteiger partial charge in [-0.05, 0) is 19.1 Å². The molecule has 66 valence electrons. The Kier molecular flexibility index (Phi) is 1.85. The van der Waals surface area contributed by atoms with Gasteiger partial charge in [0.05, 0.1) is 11.0 Å². The van der Waals surface area contributed by atoms with Crippen molar-refractivity contribution < 1.29 is 0 Å². The van der Waals surface area contributed by atoms with Gasteiger partial charge in [-0.2, -0.15) is 0 Å². The molecule has 1 aromatic carbocycles. The Balaban J connectivity index is 2.86. The molecule has 0 saturated heterocycles. The molecule has 0 spiro atoms. The minimum Gasteiger partial charge on any atom is -0.287 e. The topological polar surface area (TPSA) is 17.8 Å². The van der Waals surface area contributed by atoms with E-state index in [4.69, 9.17) is 11.6 Å². The molecule has 0 N–H and O–H groups in total. The molecule has 1 heterocycles. The summed E-state index contributed by atoms with van der Waals surface area (Å²) in [4.78, 5) is 4.35. The Labute approximate surface area is 81.5 Å². The van der Waals surface area contributed by atoms with Gasteiger partial charge in [0.15, 0.2) is 0 Å². The largest absolute Gasteiger partial charge is 0.287 e. The smallest absolute Gasteiger partial charge is 0.111 e. The first-order valence-corrected chi connectivity index (χ1v) is 4.37. The summed E-state index contributed by atoms with van der Waals surface area (Å²) in [5.41, 5.74) is 1.95. The van der Waals surface area contributed by atoms with E-state index in [9.17, 15) is 0 Å². The van der Waals surface area contributed by atoms with Crippen LogP contribution in [0, 0.1) is 6.92 Å². The number of hydrogen-bond donors (Lipinski definition) is 0. The van der Waals surface area contributed by atoms with Crippen LogP contribution < -0.4 is 0 Å². The Morgan fingerprint density at radius 3 is 2.85 bits per heavy atom. The van der Waals surface area contributed by atoms with Gasteiger partial charge in [-0.25, -0.2) is 4.98 Å². The molecular weight excluding hydrogens is 184 g/mol. The number of rotatable bonds is 1. The Morgan fingerprint density at radius 1 is 1.46 bits per heavy atom. The zero-order valence-electron chi connectivity index (χ0n) is 7.29. The SMILES string of the molecule is C=C(Cl)n1c(C)nc2ccccc21. The highest BCUT2D eigenvalue weighted by molar-refractivity contribution is 6.45. The van der Waals surface area contributed by atoms with E-state index >= 15 is 0 Å². The zero-order chi connectivity index (χ0) is 9.42. The van der Waals surface area contributed by atoms with Crippen LogP contribution in [0.5, 0.6) is 0 Å². The van der Waals surface area contributed by atoms with Crippen molar-refractivity contribution in [2.75, 3.05) is 0 Å². The van der Waals surface area contributed by atoms with Crippen LogP contribution in [0.4, 0.5) is 0 Å². The van der Waals surface area contributed by atoms with Crippen molar-refractivity contribution in [3.05, 3.63) is 36.7 Å². The molecule has 2 rings (SSSR count). The van der Waals surface area contributed by atoms with Crippen LogP contribution in [0.1, 0.15) is 5.82 Å². The number of imidazole rings is 1. The van der Waals surface area contributed by atoms with Crippen LogP contribution in [0.3, 0.4) is 0 Å². The van der Waals surface area contributed by atoms with Crippen molar-refractivity contribution in [1.82, 2.24) is 9.55 Å². The summed E-state index contributed by atoms with van der Waals surface area (Å²) in [7, 11) is 0. The lowest BCUT2D eigenvalue weighted by atomic mass is 10.3. The second-order valence-electron chi connectivity index (χ2n) is 2.86. The average molecular weight is 193 g/mol. The maximum atomic E-state index is 5.86. The molecule has 0 atom stereocenters. The molecule has 13 heavy (non-hydrogen) atoms. The third-order valence-electron chi connectivity index (χ3n) is 1.97. The monoisotopic (exact) mass is 192 g/mol. The molecule has 0 bridgehead atoms. The van der Waals surface area contributed by atoms with E-state index in [1.54, 1.807) is 0 Å². The molecule has 2 nitrogen and oxygen atoms in total. The number of fused-ring (bicyclic) bond motifs is 1. The summed E-state index contributed by atoms with van der Waals surface area (Å²) in [6, 6.07) is 7.84. The van der Waals surface area contributed by atoms with Crippen LogP contribution >= 0.6 is 11.6 Å². The Morgan fingerprint density at radius 2 is 2.15 bits per heavy atom. The molecule has 0 aliphatic carbocycles. The second kappa shape index (κ2) is 2.89. The third-order valence-corrected chi connectivity index (χ3v) is 2.14. The fraction of sp³-hybridized carbons (Fsp3) is 0.100. The van der Waals surface area contributed by atoms with Gasteiger partial charge in [0.2, 0.25) is 0 Å². The third kappa shape index (κ3) is 1.23. The lowest BCUT2D eigenvalue weighted by molar-refractivity contribution is 1.05. The minimum absolute atomic E-state index is 0.478. The molecule has 1 aromatic heterocycles.